The summed E-state index contributed by atoms with van der Waals surface area (Å²) < 4.78 is 12.2. The lowest BCUT2D eigenvalue weighted by Gasteiger charge is -2.32. The molecule has 1 aromatic carbocycles. The first-order chi connectivity index (χ1) is 10.8. The van der Waals surface area contributed by atoms with Gasteiger partial charge in [0, 0.05) is 13.1 Å². The molecule has 0 spiro atoms. The molecule has 2 heterocycles. The molecule has 1 aromatic rings. The fourth-order valence-electron chi connectivity index (χ4n) is 3.24. The van der Waals surface area contributed by atoms with E-state index in [1.165, 1.54) is 5.56 Å². The Morgan fingerprint density at radius 2 is 1.57 bits per heavy atom. The standard InChI is InChI=1S/C18H26BNO3/c1-17(2)18(3,4)23-19(22-17)16-7-5-14(6-8-16)15-9-11-20(13-21)12-10-15/h5-8,13,15H,9-12H2,1-4H3. The minimum absolute atomic E-state index is 0.300. The number of carbonyl (C=O) groups is 1. The zero-order chi connectivity index (χ0) is 16.7. The molecule has 0 bridgehead atoms. The number of amides is 1. The van der Waals surface area contributed by atoms with Gasteiger partial charge in [-0.05, 0) is 57.5 Å². The summed E-state index contributed by atoms with van der Waals surface area (Å²) in [7, 11) is -0.300. The molecule has 0 atom stereocenters. The van der Waals surface area contributed by atoms with E-state index in [0.29, 0.717) is 5.92 Å². The zero-order valence-corrected chi connectivity index (χ0v) is 14.5. The molecule has 0 saturated carbocycles. The van der Waals surface area contributed by atoms with Crippen LogP contribution in [0.25, 0.3) is 0 Å². The van der Waals surface area contributed by atoms with Crippen LogP contribution in [0.15, 0.2) is 24.3 Å². The summed E-state index contributed by atoms with van der Waals surface area (Å²) >= 11 is 0. The van der Waals surface area contributed by atoms with E-state index in [0.717, 1.165) is 37.8 Å². The molecule has 23 heavy (non-hydrogen) atoms. The van der Waals surface area contributed by atoms with Crippen molar-refractivity contribution in [3.63, 3.8) is 0 Å². The van der Waals surface area contributed by atoms with E-state index in [1.807, 2.05) is 4.90 Å². The van der Waals surface area contributed by atoms with Gasteiger partial charge in [-0.25, -0.2) is 0 Å². The van der Waals surface area contributed by atoms with E-state index in [9.17, 15) is 4.79 Å². The van der Waals surface area contributed by atoms with Gasteiger partial charge >= 0.3 is 7.12 Å². The number of likely N-dealkylation sites (tertiary alicyclic amines) is 1. The average molecular weight is 315 g/mol. The number of benzene rings is 1. The van der Waals surface area contributed by atoms with Crippen molar-refractivity contribution in [2.45, 2.75) is 57.7 Å². The Labute approximate surface area is 139 Å². The molecule has 0 aliphatic carbocycles. The Balaban J connectivity index is 1.68. The van der Waals surface area contributed by atoms with Crippen LogP contribution in [-0.2, 0) is 14.1 Å². The normalized spacial score (nSPS) is 24.0. The van der Waals surface area contributed by atoms with Gasteiger partial charge in [0.2, 0.25) is 6.41 Å². The molecule has 0 unspecified atom stereocenters. The SMILES string of the molecule is CC1(C)OB(c2ccc(C3CCN(C=O)CC3)cc2)OC1(C)C. The van der Waals surface area contributed by atoms with Crippen LogP contribution in [-0.4, -0.2) is 42.7 Å². The molecule has 2 fully saturated rings. The predicted molar refractivity (Wildman–Crippen MR) is 91.8 cm³/mol. The molecular formula is C18H26BNO3. The fourth-order valence-corrected chi connectivity index (χ4v) is 3.24. The third-order valence-corrected chi connectivity index (χ3v) is 5.61. The van der Waals surface area contributed by atoms with E-state index in [-0.39, 0.29) is 18.3 Å². The topological polar surface area (TPSA) is 38.8 Å². The lowest BCUT2D eigenvalue weighted by Crippen LogP contribution is -2.41. The monoisotopic (exact) mass is 315 g/mol. The van der Waals surface area contributed by atoms with E-state index in [2.05, 4.69) is 52.0 Å². The highest BCUT2D eigenvalue weighted by Gasteiger charge is 2.51. The maximum atomic E-state index is 10.8. The van der Waals surface area contributed by atoms with E-state index < -0.39 is 0 Å². The summed E-state index contributed by atoms with van der Waals surface area (Å²) in [4.78, 5) is 12.7. The third-order valence-electron chi connectivity index (χ3n) is 5.61. The van der Waals surface area contributed by atoms with Gasteiger partial charge in [0.25, 0.3) is 0 Å². The number of carbonyl (C=O) groups excluding carboxylic acids is 1. The highest BCUT2D eigenvalue weighted by atomic mass is 16.7. The number of piperidine rings is 1. The predicted octanol–water partition coefficient (Wildman–Crippen LogP) is 2.32. The van der Waals surface area contributed by atoms with Crippen LogP contribution >= 0.6 is 0 Å². The minimum atomic E-state index is -0.308. The second kappa shape index (κ2) is 5.95. The van der Waals surface area contributed by atoms with Gasteiger partial charge in [-0.2, -0.15) is 0 Å². The summed E-state index contributed by atoms with van der Waals surface area (Å²) in [6.07, 6.45) is 3.03. The number of rotatable bonds is 3. The molecule has 2 aliphatic rings. The van der Waals surface area contributed by atoms with Gasteiger partial charge in [-0.3, -0.25) is 4.79 Å². The molecule has 0 radical (unpaired) electrons. The molecule has 2 aliphatic heterocycles. The van der Waals surface area contributed by atoms with Crippen LogP contribution in [0.4, 0.5) is 0 Å². The summed E-state index contributed by atoms with van der Waals surface area (Å²) in [6.45, 7) is 10.00. The summed E-state index contributed by atoms with van der Waals surface area (Å²) in [5, 5.41) is 0. The molecule has 2 saturated heterocycles. The second-order valence-electron chi connectivity index (χ2n) is 7.67. The second-order valence-corrected chi connectivity index (χ2v) is 7.67. The van der Waals surface area contributed by atoms with Crippen molar-refractivity contribution in [3.8, 4) is 0 Å². The van der Waals surface area contributed by atoms with Crippen molar-refractivity contribution in [3.05, 3.63) is 29.8 Å². The van der Waals surface area contributed by atoms with Crippen LogP contribution in [0, 0.1) is 0 Å². The van der Waals surface area contributed by atoms with Gasteiger partial charge in [0.1, 0.15) is 0 Å². The van der Waals surface area contributed by atoms with Gasteiger partial charge in [-0.15, -0.1) is 0 Å². The Kier molecular flexibility index (Phi) is 4.28. The lowest BCUT2D eigenvalue weighted by molar-refractivity contribution is -0.119. The van der Waals surface area contributed by atoms with E-state index >= 15 is 0 Å². The molecule has 4 nitrogen and oxygen atoms in total. The smallest absolute Gasteiger partial charge is 0.399 e. The zero-order valence-electron chi connectivity index (χ0n) is 14.5. The van der Waals surface area contributed by atoms with E-state index in [1.54, 1.807) is 0 Å². The van der Waals surface area contributed by atoms with Crippen molar-refractivity contribution in [2.75, 3.05) is 13.1 Å². The molecular weight excluding hydrogens is 289 g/mol. The average Bonchev–Trinajstić information content (AvgIpc) is 2.76. The molecule has 124 valence electrons. The summed E-state index contributed by atoms with van der Waals surface area (Å²) in [5.74, 6) is 0.540. The first kappa shape index (κ1) is 16.5. The Morgan fingerprint density at radius 3 is 2.04 bits per heavy atom. The van der Waals surface area contributed by atoms with Crippen molar-refractivity contribution < 1.29 is 14.1 Å². The minimum Gasteiger partial charge on any atom is -0.399 e. The maximum Gasteiger partial charge on any atom is 0.494 e. The molecule has 1 amide bonds. The largest absolute Gasteiger partial charge is 0.494 e. The number of hydrogen-bond acceptors (Lipinski definition) is 3. The van der Waals surface area contributed by atoms with Crippen LogP contribution in [0.3, 0.4) is 0 Å². The first-order valence-electron chi connectivity index (χ1n) is 8.47. The number of nitrogens with zero attached hydrogens (tertiary/aromatic N) is 1. The molecule has 0 N–H and O–H groups in total. The third kappa shape index (κ3) is 3.17. The Morgan fingerprint density at radius 1 is 1.04 bits per heavy atom. The summed E-state index contributed by atoms with van der Waals surface area (Å²) in [6, 6.07) is 8.59. The van der Waals surface area contributed by atoms with Gasteiger partial charge in [0.05, 0.1) is 11.2 Å². The Hall–Kier alpha value is -1.33. The first-order valence-corrected chi connectivity index (χ1v) is 8.47. The van der Waals surface area contributed by atoms with Crippen LogP contribution < -0.4 is 5.46 Å². The number of hydrogen-bond donors (Lipinski definition) is 0. The van der Waals surface area contributed by atoms with Crippen molar-refractivity contribution in [1.29, 1.82) is 0 Å². The van der Waals surface area contributed by atoms with Gasteiger partial charge < -0.3 is 14.2 Å². The fraction of sp³-hybridized carbons (Fsp3) is 0.611. The Bertz CT molecular complexity index is 546. The molecule has 5 heteroatoms. The summed E-state index contributed by atoms with van der Waals surface area (Å²) in [5.41, 5.74) is 1.80. The quantitative estimate of drug-likeness (QED) is 0.635. The lowest BCUT2D eigenvalue weighted by atomic mass is 9.77. The van der Waals surface area contributed by atoms with Crippen molar-refractivity contribution >= 4 is 19.0 Å². The van der Waals surface area contributed by atoms with Crippen molar-refractivity contribution in [2.24, 2.45) is 0 Å². The molecule has 3 rings (SSSR count). The van der Waals surface area contributed by atoms with E-state index in [4.69, 9.17) is 9.31 Å². The van der Waals surface area contributed by atoms with Crippen LogP contribution in [0.5, 0.6) is 0 Å². The van der Waals surface area contributed by atoms with Gasteiger partial charge in [-0.1, -0.05) is 24.3 Å². The van der Waals surface area contributed by atoms with Crippen LogP contribution in [0.1, 0.15) is 52.0 Å². The van der Waals surface area contributed by atoms with Gasteiger partial charge in [0.15, 0.2) is 0 Å². The van der Waals surface area contributed by atoms with Crippen LogP contribution in [0.2, 0.25) is 0 Å². The maximum absolute atomic E-state index is 10.8. The molecule has 0 aromatic heterocycles. The highest BCUT2D eigenvalue weighted by Crippen LogP contribution is 2.36. The van der Waals surface area contributed by atoms with Crippen molar-refractivity contribution in [1.82, 2.24) is 4.90 Å². The highest BCUT2D eigenvalue weighted by molar-refractivity contribution is 6.62.